The Hall–Kier alpha value is -0.770. The SMILES string of the molecule is CC(=O)c1c(F)ccc(Br)c1F. The zero-order valence-electron chi connectivity index (χ0n) is 6.20. The molecule has 0 saturated heterocycles. The van der Waals surface area contributed by atoms with Gasteiger partial charge in [-0.25, -0.2) is 8.78 Å². The quantitative estimate of drug-likeness (QED) is 0.540. The molecule has 0 atom stereocenters. The average Bonchev–Trinajstić information content (AvgIpc) is 1.97. The van der Waals surface area contributed by atoms with Crippen molar-refractivity contribution in [1.82, 2.24) is 0 Å². The fourth-order valence-electron chi connectivity index (χ4n) is 0.850. The molecule has 0 radical (unpaired) electrons. The van der Waals surface area contributed by atoms with Gasteiger partial charge in [-0.05, 0) is 35.0 Å². The molecule has 0 unspecified atom stereocenters. The van der Waals surface area contributed by atoms with E-state index in [1.54, 1.807) is 0 Å². The zero-order valence-corrected chi connectivity index (χ0v) is 7.78. The van der Waals surface area contributed by atoms with Gasteiger partial charge in [-0.3, -0.25) is 4.79 Å². The zero-order chi connectivity index (χ0) is 9.30. The predicted octanol–water partition coefficient (Wildman–Crippen LogP) is 2.93. The number of carbonyl (C=O) groups excluding carboxylic acids is 1. The van der Waals surface area contributed by atoms with Gasteiger partial charge in [0.05, 0.1) is 10.0 Å². The number of benzene rings is 1. The summed E-state index contributed by atoms with van der Waals surface area (Å²) in [5, 5.41) is 0. The van der Waals surface area contributed by atoms with Crippen LogP contribution in [0.15, 0.2) is 16.6 Å². The largest absolute Gasteiger partial charge is 0.294 e. The fraction of sp³-hybridized carbons (Fsp3) is 0.125. The third-order valence-electron chi connectivity index (χ3n) is 1.40. The van der Waals surface area contributed by atoms with Crippen molar-refractivity contribution in [2.24, 2.45) is 0 Å². The van der Waals surface area contributed by atoms with Crippen molar-refractivity contribution in [2.45, 2.75) is 6.92 Å². The van der Waals surface area contributed by atoms with Crippen molar-refractivity contribution in [3.05, 3.63) is 33.8 Å². The molecule has 0 aliphatic heterocycles. The van der Waals surface area contributed by atoms with Crippen LogP contribution in [0.5, 0.6) is 0 Å². The Bertz CT molecular complexity index is 336. The van der Waals surface area contributed by atoms with Crippen LogP contribution in [0.25, 0.3) is 0 Å². The van der Waals surface area contributed by atoms with Gasteiger partial charge in [0.2, 0.25) is 0 Å². The van der Waals surface area contributed by atoms with Gasteiger partial charge in [0, 0.05) is 0 Å². The summed E-state index contributed by atoms with van der Waals surface area (Å²) in [7, 11) is 0. The van der Waals surface area contributed by atoms with Gasteiger partial charge >= 0.3 is 0 Å². The van der Waals surface area contributed by atoms with Crippen LogP contribution in [0.3, 0.4) is 0 Å². The lowest BCUT2D eigenvalue weighted by Crippen LogP contribution is -2.01. The van der Waals surface area contributed by atoms with Gasteiger partial charge < -0.3 is 0 Å². The minimum absolute atomic E-state index is 0.0918. The first-order chi connectivity index (χ1) is 5.54. The molecule has 1 aromatic rings. The molecular weight excluding hydrogens is 230 g/mol. The lowest BCUT2D eigenvalue weighted by atomic mass is 10.1. The van der Waals surface area contributed by atoms with Crippen LogP contribution >= 0.6 is 15.9 Å². The lowest BCUT2D eigenvalue weighted by molar-refractivity contribution is 0.100. The molecule has 64 valence electrons. The normalized spacial score (nSPS) is 10.0. The smallest absolute Gasteiger partial charge is 0.165 e. The second kappa shape index (κ2) is 3.31. The van der Waals surface area contributed by atoms with E-state index in [1.807, 2.05) is 0 Å². The molecule has 1 rings (SSSR count). The van der Waals surface area contributed by atoms with E-state index in [9.17, 15) is 13.6 Å². The highest BCUT2D eigenvalue weighted by Crippen LogP contribution is 2.21. The molecular formula is C8H5BrF2O. The second-order valence-electron chi connectivity index (χ2n) is 2.27. The molecule has 0 amide bonds. The van der Waals surface area contributed by atoms with Crippen LogP contribution in [0.4, 0.5) is 8.78 Å². The lowest BCUT2D eigenvalue weighted by Gasteiger charge is -2.01. The molecule has 0 saturated carbocycles. The highest BCUT2D eigenvalue weighted by molar-refractivity contribution is 9.10. The van der Waals surface area contributed by atoms with Crippen LogP contribution in [-0.2, 0) is 0 Å². The predicted molar refractivity (Wildman–Crippen MR) is 44.1 cm³/mol. The van der Waals surface area contributed by atoms with Crippen molar-refractivity contribution in [2.75, 3.05) is 0 Å². The number of halogens is 3. The third kappa shape index (κ3) is 1.53. The summed E-state index contributed by atoms with van der Waals surface area (Å²) in [5.74, 6) is -2.29. The Morgan fingerprint density at radius 1 is 1.42 bits per heavy atom. The maximum absolute atomic E-state index is 13.0. The van der Waals surface area contributed by atoms with E-state index < -0.39 is 23.0 Å². The van der Waals surface area contributed by atoms with Gasteiger partial charge in [-0.1, -0.05) is 0 Å². The van der Waals surface area contributed by atoms with E-state index >= 15 is 0 Å². The Morgan fingerprint density at radius 2 is 2.00 bits per heavy atom. The molecule has 4 heteroatoms. The van der Waals surface area contributed by atoms with Crippen LogP contribution < -0.4 is 0 Å². The maximum Gasteiger partial charge on any atom is 0.165 e. The molecule has 1 aromatic carbocycles. The van der Waals surface area contributed by atoms with Crippen molar-refractivity contribution in [1.29, 1.82) is 0 Å². The van der Waals surface area contributed by atoms with Crippen LogP contribution in [-0.4, -0.2) is 5.78 Å². The van der Waals surface area contributed by atoms with Gasteiger partial charge in [-0.15, -0.1) is 0 Å². The first-order valence-electron chi connectivity index (χ1n) is 3.18. The van der Waals surface area contributed by atoms with E-state index in [4.69, 9.17) is 0 Å². The van der Waals surface area contributed by atoms with Crippen molar-refractivity contribution < 1.29 is 13.6 Å². The summed E-state index contributed by atoms with van der Waals surface area (Å²) in [4.78, 5) is 10.7. The minimum atomic E-state index is -0.845. The summed E-state index contributed by atoms with van der Waals surface area (Å²) in [6.07, 6.45) is 0. The molecule has 0 aromatic heterocycles. The number of ketones is 1. The van der Waals surface area contributed by atoms with E-state index in [1.165, 1.54) is 6.07 Å². The standard InChI is InChI=1S/C8H5BrF2O/c1-4(12)7-6(10)3-2-5(9)8(7)11/h2-3H,1H3. The highest BCUT2D eigenvalue weighted by atomic mass is 79.9. The topological polar surface area (TPSA) is 17.1 Å². The third-order valence-corrected chi connectivity index (χ3v) is 2.01. The number of rotatable bonds is 1. The van der Waals surface area contributed by atoms with Gasteiger partial charge in [0.15, 0.2) is 11.6 Å². The fourth-order valence-corrected chi connectivity index (χ4v) is 1.18. The van der Waals surface area contributed by atoms with Crippen LogP contribution in [0.1, 0.15) is 17.3 Å². The van der Waals surface area contributed by atoms with Gasteiger partial charge in [-0.2, -0.15) is 0 Å². The Balaban J connectivity index is 3.43. The first kappa shape index (κ1) is 9.32. The highest BCUT2D eigenvalue weighted by Gasteiger charge is 2.15. The number of carbonyl (C=O) groups is 1. The molecule has 0 fully saturated rings. The average molecular weight is 235 g/mol. The van der Waals surface area contributed by atoms with Crippen LogP contribution in [0.2, 0.25) is 0 Å². The molecule has 0 aliphatic carbocycles. The van der Waals surface area contributed by atoms with E-state index in [0.29, 0.717) is 0 Å². The summed E-state index contributed by atoms with van der Waals surface area (Å²) < 4.78 is 25.9. The monoisotopic (exact) mass is 234 g/mol. The summed E-state index contributed by atoms with van der Waals surface area (Å²) in [6.45, 7) is 1.12. The molecule has 0 bridgehead atoms. The van der Waals surface area contributed by atoms with Gasteiger partial charge in [0.25, 0.3) is 0 Å². The Kier molecular flexibility index (Phi) is 2.57. The number of hydrogen-bond acceptors (Lipinski definition) is 1. The number of Topliss-reactive ketones (excluding diaryl/α,β-unsaturated/α-hetero) is 1. The van der Waals surface area contributed by atoms with E-state index in [0.717, 1.165) is 13.0 Å². The van der Waals surface area contributed by atoms with Gasteiger partial charge in [0.1, 0.15) is 5.82 Å². The Morgan fingerprint density at radius 3 is 2.42 bits per heavy atom. The summed E-state index contributed by atoms with van der Waals surface area (Å²) in [6, 6.07) is 2.26. The Labute approximate surface area is 76.5 Å². The minimum Gasteiger partial charge on any atom is -0.294 e. The molecule has 0 heterocycles. The first-order valence-corrected chi connectivity index (χ1v) is 3.97. The van der Waals surface area contributed by atoms with E-state index in [2.05, 4.69) is 15.9 Å². The van der Waals surface area contributed by atoms with E-state index in [-0.39, 0.29) is 4.47 Å². The molecule has 0 spiro atoms. The molecule has 0 N–H and O–H groups in total. The summed E-state index contributed by atoms with van der Waals surface area (Å²) in [5.41, 5.74) is -0.496. The van der Waals surface area contributed by atoms with Crippen molar-refractivity contribution in [3.8, 4) is 0 Å². The van der Waals surface area contributed by atoms with Crippen molar-refractivity contribution in [3.63, 3.8) is 0 Å². The molecule has 1 nitrogen and oxygen atoms in total. The second-order valence-corrected chi connectivity index (χ2v) is 3.13. The maximum atomic E-state index is 13.0. The van der Waals surface area contributed by atoms with Crippen LogP contribution in [0, 0.1) is 11.6 Å². The molecule has 0 aliphatic rings. The number of hydrogen-bond donors (Lipinski definition) is 0. The molecule has 12 heavy (non-hydrogen) atoms. The van der Waals surface area contributed by atoms with Crippen molar-refractivity contribution >= 4 is 21.7 Å². The summed E-state index contributed by atoms with van der Waals surface area (Å²) >= 11 is 2.85.